The number of hydrogen-bond acceptors (Lipinski definition) is 3. The third kappa shape index (κ3) is 1.74. The second-order valence-electron chi connectivity index (χ2n) is 8.24. The Hall–Kier alpha value is -1.39. The van der Waals surface area contributed by atoms with Crippen molar-refractivity contribution in [1.29, 1.82) is 0 Å². The Bertz CT molecular complexity index is 599. The summed E-state index contributed by atoms with van der Waals surface area (Å²) < 4.78 is 2.16. The molecule has 0 saturated heterocycles. The van der Waals surface area contributed by atoms with Crippen molar-refractivity contribution in [3.05, 3.63) is 11.6 Å². The van der Waals surface area contributed by atoms with Gasteiger partial charge in [0.05, 0.1) is 12.0 Å². The normalized spacial score (nSPS) is 39.1. The van der Waals surface area contributed by atoms with E-state index in [9.17, 15) is 4.79 Å². The molecule has 0 aromatic carbocycles. The lowest BCUT2D eigenvalue weighted by atomic mass is 9.49. The number of fused-ring (bicyclic) bond motifs is 1. The maximum absolute atomic E-state index is 13.3. The predicted octanol–water partition coefficient (Wildman–Crippen LogP) is 2.15. The molecule has 22 heavy (non-hydrogen) atoms. The third-order valence-electron chi connectivity index (χ3n) is 6.72. The number of carbonyl (C=O) groups is 1. The van der Waals surface area contributed by atoms with Gasteiger partial charge in [0.25, 0.3) is 0 Å². The van der Waals surface area contributed by atoms with E-state index in [0.717, 1.165) is 61.8 Å². The van der Waals surface area contributed by atoms with Crippen LogP contribution in [0, 0.1) is 30.1 Å². The first-order chi connectivity index (χ1) is 10.6. The Labute approximate surface area is 131 Å². The van der Waals surface area contributed by atoms with Crippen LogP contribution in [0.4, 0.5) is 0 Å². The summed E-state index contributed by atoms with van der Waals surface area (Å²) >= 11 is 0. The van der Waals surface area contributed by atoms with Crippen LogP contribution in [-0.4, -0.2) is 32.1 Å². The molecule has 1 aromatic rings. The van der Waals surface area contributed by atoms with Gasteiger partial charge in [0.15, 0.2) is 5.82 Å². The molecule has 4 fully saturated rings. The molecule has 4 saturated carbocycles. The van der Waals surface area contributed by atoms with Gasteiger partial charge in [-0.05, 0) is 63.2 Å². The molecule has 1 amide bonds. The first-order valence-corrected chi connectivity index (χ1v) is 8.81. The fourth-order valence-corrected chi connectivity index (χ4v) is 6.18. The van der Waals surface area contributed by atoms with Crippen LogP contribution in [0.1, 0.15) is 50.2 Å². The van der Waals surface area contributed by atoms with Gasteiger partial charge < -0.3 is 9.47 Å². The van der Waals surface area contributed by atoms with Gasteiger partial charge in [-0.1, -0.05) is 0 Å². The smallest absolute Gasteiger partial charge is 0.229 e. The zero-order chi connectivity index (χ0) is 14.9. The SMILES string of the molecule is Cc1nnc2n1CCN(C(=O)C13CC4CC(CC(C4)C1)C3)C2. The van der Waals surface area contributed by atoms with Gasteiger partial charge >= 0.3 is 0 Å². The van der Waals surface area contributed by atoms with Gasteiger partial charge in [0.2, 0.25) is 5.91 Å². The lowest BCUT2D eigenvalue weighted by Crippen LogP contribution is -2.55. The standard InChI is InChI=1S/C17H24N4O/c1-11-18-19-15-10-20(2-3-21(11)15)16(22)17-7-12-4-13(8-17)6-14(5-12)9-17/h12-14H,2-10H2,1H3. The molecule has 5 nitrogen and oxygen atoms in total. The highest BCUT2D eigenvalue weighted by atomic mass is 16.2. The van der Waals surface area contributed by atoms with Crippen LogP contribution in [0.5, 0.6) is 0 Å². The highest BCUT2D eigenvalue weighted by Crippen LogP contribution is 2.60. The molecule has 0 N–H and O–H groups in total. The van der Waals surface area contributed by atoms with Crippen molar-refractivity contribution in [3.63, 3.8) is 0 Å². The Kier molecular flexibility index (Phi) is 2.57. The fourth-order valence-electron chi connectivity index (χ4n) is 6.18. The minimum absolute atomic E-state index is 0.0218. The number of aromatic nitrogens is 3. The average Bonchev–Trinajstić information content (AvgIpc) is 2.86. The van der Waals surface area contributed by atoms with Crippen molar-refractivity contribution in [2.45, 2.75) is 58.5 Å². The van der Waals surface area contributed by atoms with Gasteiger partial charge in [0, 0.05) is 13.1 Å². The van der Waals surface area contributed by atoms with Gasteiger partial charge in [-0.2, -0.15) is 0 Å². The molecule has 1 aromatic heterocycles. The number of nitrogens with zero attached hydrogens (tertiary/aromatic N) is 4. The van der Waals surface area contributed by atoms with E-state index in [1.807, 2.05) is 6.92 Å². The maximum Gasteiger partial charge on any atom is 0.229 e. The maximum atomic E-state index is 13.3. The molecule has 1 aliphatic heterocycles. The second-order valence-corrected chi connectivity index (χ2v) is 8.24. The first-order valence-electron chi connectivity index (χ1n) is 8.81. The molecule has 5 heteroatoms. The average molecular weight is 300 g/mol. The molecule has 0 atom stereocenters. The van der Waals surface area contributed by atoms with Crippen molar-refractivity contribution in [2.75, 3.05) is 6.54 Å². The molecule has 0 spiro atoms. The van der Waals surface area contributed by atoms with E-state index in [1.54, 1.807) is 0 Å². The monoisotopic (exact) mass is 300 g/mol. The summed E-state index contributed by atoms with van der Waals surface area (Å²) in [5, 5.41) is 8.41. The summed E-state index contributed by atoms with van der Waals surface area (Å²) in [6, 6.07) is 0. The van der Waals surface area contributed by atoms with Gasteiger partial charge in [0.1, 0.15) is 5.82 Å². The summed E-state index contributed by atoms with van der Waals surface area (Å²) in [5.41, 5.74) is -0.0218. The summed E-state index contributed by atoms with van der Waals surface area (Å²) in [7, 11) is 0. The summed E-state index contributed by atoms with van der Waals surface area (Å²) in [6.07, 6.45) is 7.63. The van der Waals surface area contributed by atoms with E-state index >= 15 is 0 Å². The van der Waals surface area contributed by atoms with Crippen LogP contribution in [0.15, 0.2) is 0 Å². The highest BCUT2D eigenvalue weighted by molar-refractivity contribution is 5.83. The first kappa shape index (κ1) is 13.1. The molecule has 4 aliphatic carbocycles. The molecule has 5 aliphatic rings. The summed E-state index contributed by atoms with van der Waals surface area (Å²) in [6.45, 7) is 4.33. The van der Waals surface area contributed by atoms with Crippen molar-refractivity contribution < 1.29 is 4.79 Å². The second kappa shape index (κ2) is 4.33. The fraction of sp³-hybridized carbons (Fsp3) is 0.824. The largest absolute Gasteiger partial charge is 0.333 e. The van der Waals surface area contributed by atoms with Crippen LogP contribution in [0.25, 0.3) is 0 Å². The van der Waals surface area contributed by atoms with Gasteiger partial charge in [-0.15, -0.1) is 10.2 Å². The minimum Gasteiger partial charge on any atom is -0.333 e. The van der Waals surface area contributed by atoms with Crippen LogP contribution < -0.4 is 0 Å². The zero-order valence-electron chi connectivity index (χ0n) is 13.3. The molecule has 6 rings (SSSR count). The molecule has 0 unspecified atom stereocenters. The Morgan fingerprint density at radius 2 is 1.68 bits per heavy atom. The molecular weight excluding hydrogens is 276 g/mol. The van der Waals surface area contributed by atoms with E-state index < -0.39 is 0 Å². The highest BCUT2D eigenvalue weighted by Gasteiger charge is 2.55. The number of carbonyl (C=O) groups excluding carboxylic acids is 1. The van der Waals surface area contributed by atoms with E-state index in [0.29, 0.717) is 12.5 Å². The topological polar surface area (TPSA) is 51.0 Å². The van der Waals surface area contributed by atoms with E-state index in [4.69, 9.17) is 0 Å². The lowest BCUT2D eigenvalue weighted by Gasteiger charge is -2.56. The molecule has 0 radical (unpaired) electrons. The van der Waals surface area contributed by atoms with Gasteiger partial charge in [-0.3, -0.25) is 4.79 Å². The molecule has 118 valence electrons. The molecular formula is C17H24N4O. The predicted molar refractivity (Wildman–Crippen MR) is 80.8 cm³/mol. The van der Waals surface area contributed by atoms with Crippen LogP contribution in [0.2, 0.25) is 0 Å². The minimum atomic E-state index is -0.0218. The van der Waals surface area contributed by atoms with Crippen molar-refractivity contribution in [2.24, 2.45) is 23.2 Å². The third-order valence-corrected chi connectivity index (χ3v) is 6.72. The molecule has 4 bridgehead atoms. The zero-order valence-corrected chi connectivity index (χ0v) is 13.3. The lowest BCUT2D eigenvalue weighted by molar-refractivity contribution is -0.159. The van der Waals surface area contributed by atoms with Crippen LogP contribution in [-0.2, 0) is 17.9 Å². The summed E-state index contributed by atoms with van der Waals surface area (Å²) in [5.74, 6) is 4.83. The Morgan fingerprint density at radius 1 is 1.05 bits per heavy atom. The van der Waals surface area contributed by atoms with E-state index in [1.165, 1.54) is 19.3 Å². The van der Waals surface area contributed by atoms with Gasteiger partial charge in [-0.25, -0.2) is 0 Å². The summed E-state index contributed by atoms with van der Waals surface area (Å²) in [4.78, 5) is 15.4. The molecule has 2 heterocycles. The van der Waals surface area contributed by atoms with Crippen LogP contribution in [0.3, 0.4) is 0 Å². The number of rotatable bonds is 1. The van der Waals surface area contributed by atoms with Crippen molar-refractivity contribution >= 4 is 5.91 Å². The number of amides is 1. The number of hydrogen-bond donors (Lipinski definition) is 0. The Balaban J connectivity index is 1.41. The van der Waals surface area contributed by atoms with Crippen LogP contribution >= 0.6 is 0 Å². The van der Waals surface area contributed by atoms with Crippen molar-refractivity contribution in [1.82, 2.24) is 19.7 Å². The van der Waals surface area contributed by atoms with E-state index in [2.05, 4.69) is 19.7 Å². The number of aryl methyl sites for hydroxylation is 1. The van der Waals surface area contributed by atoms with Crippen molar-refractivity contribution in [3.8, 4) is 0 Å². The van der Waals surface area contributed by atoms with E-state index in [-0.39, 0.29) is 5.41 Å². The Morgan fingerprint density at radius 3 is 2.32 bits per heavy atom. The quantitative estimate of drug-likeness (QED) is 0.798.